The van der Waals surface area contributed by atoms with Crippen LogP contribution in [0.25, 0.3) is 0 Å². The predicted molar refractivity (Wildman–Crippen MR) is 82.5 cm³/mol. The van der Waals surface area contributed by atoms with Crippen LogP contribution in [0.5, 0.6) is 0 Å². The van der Waals surface area contributed by atoms with Crippen LogP contribution in [0.4, 0.5) is 0 Å². The van der Waals surface area contributed by atoms with Gasteiger partial charge >= 0.3 is 0 Å². The Labute approximate surface area is 120 Å². The largest absolute Gasteiger partial charge is 0.303 e. The van der Waals surface area contributed by atoms with E-state index in [1.54, 1.807) is 0 Å². The van der Waals surface area contributed by atoms with E-state index < -0.39 is 0 Å². The zero-order valence-electron chi connectivity index (χ0n) is 11.4. The Kier molecular flexibility index (Phi) is 5.00. The molecule has 19 heavy (non-hydrogen) atoms. The summed E-state index contributed by atoms with van der Waals surface area (Å²) < 4.78 is 0. The molecule has 0 aliphatic carbocycles. The number of halogens is 1. The fraction of sp³-hybridized carbons (Fsp3) is 0.294. The van der Waals surface area contributed by atoms with Gasteiger partial charge in [0.25, 0.3) is 0 Å². The Balaban J connectivity index is 2.11. The molecule has 2 atom stereocenters. The van der Waals surface area contributed by atoms with E-state index in [4.69, 9.17) is 11.6 Å². The summed E-state index contributed by atoms with van der Waals surface area (Å²) in [6.45, 7) is 4.39. The third-order valence-corrected chi connectivity index (χ3v) is 3.65. The average molecular weight is 274 g/mol. The van der Waals surface area contributed by atoms with Crippen LogP contribution in [-0.2, 0) is 0 Å². The highest BCUT2D eigenvalue weighted by atomic mass is 35.5. The van der Waals surface area contributed by atoms with Gasteiger partial charge in [-0.15, -0.1) is 0 Å². The van der Waals surface area contributed by atoms with E-state index in [-0.39, 0.29) is 0 Å². The van der Waals surface area contributed by atoms with Gasteiger partial charge in [0.15, 0.2) is 0 Å². The predicted octanol–water partition coefficient (Wildman–Crippen LogP) is 5.14. The lowest BCUT2D eigenvalue weighted by Gasteiger charge is -2.23. The molecule has 0 radical (unpaired) electrons. The van der Waals surface area contributed by atoms with Gasteiger partial charge in [0.1, 0.15) is 0 Å². The number of nitrogens with one attached hydrogen (secondary N) is 1. The molecule has 1 nitrogen and oxygen atoms in total. The normalized spacial score (nSPS) is 14.1. The SMILES string of the molecule is CCC(N[C@@H](C)c1ccccc1)c1cccc(Cl)c1. The second-order valence-corrected chi connectivity index (χ2v) is 5.25. The molecule has 2 rings (SSSR count). The van der Waals surface area contributed by atoms with Gasteiger partial charge in [-0.3, -0.25) is 0 Å². The van der Waals surface area contributed by atoms with Gasteiger partial charge in [-0.05, 0) is 36.6 Å². The second kappa shape index (κ2) is 6.74. The van der Waals surface area contributed by atoms with Gasteiger partial charge in [0.05, 0.1) is 0 Å². The van der Waals surface area contributed by atoms with E-state index in [1.165, 1.54) is 11.1 Å². The van der Waals surface area contributed by atoms with Gasteiger partial charge < -0.3 is 5.32 Å². The summed E-state index contributed by atoms with van der Waals surface area (Å²) >= 11 is 6.07. The zero-order chi connectivity index (χ0) is 13.7. The molecule has 1 N–H and O–H groups in total. The Morgan fingerprint density at radius 3 is 2.32 bits per heavy atom. The Hall–Kier alpha value is -1.31. The molecule has 1 unspecified atom stereocenters. The van der Waals surface area contributed by atoms with E-state index in [2.05, 4.69) is 49.5 Å². The smallest absolute Gasteiger partial charge is 0.0409 e. The Morgan fingerprint density at radius 1 is 1.00 bits per heavy atom. The summed E-state index contributed by atoms with van der Waals surface area (Å²) in [4.78, 5) is 0. The quantitative estimate of drug-likeness (QED) is 0.795. The topological polar surface area (TPSA) is 12.0 Å². The van der Waals surface area contributed by atoms with Crippen molar-refractivity contribution in [1.29, 1.82) is 0 Å². The highest BCUT2D eigenvalue weighted by molar-refractivity contribution is 6.30. The summed E-state index contributed by atoms with van der Waals surface area (Å²) in [7, 11) is 0. The molecule has 0 heterocycles. The van der Waals surface area contributed by atoms with Crippen LogP contribution in [0, 0.1) is 0 Å². The van der Waals surface area contributed by atoms with Gasteiger partial charge in [-0.2, -0.15) is 0 Å². The van der Waals surface area contributed by atoms with Crippen molar-refractivity contribution in [2.24, 2.45) is 0 Å². The molecule has 2 aromatic carbocycles. The summed E-state index contributed by atoms with van der Waals surface area (Å²) in [6.07, 6.45) is 1.04. The van der Waals surface area contributed by atoms with Crippen molar-refractivity contribution in [3.8, 4) is 0 Å². The van der Waals surface area contributed by atoms with Crippen molar-refractivity contribution in [3.63, 3.8) is 0 Å². The highest BCUT2D eigenvalue weighted by Crippen LogP contribution is 2.24. The molecule has 0 saturated carbocycles. The number of rotatable bonds is 5. The minimum Gasteiger partial charge on any atom is -0.303 e. The van der Waals surface area contributed by atoms with Gasteiger partial charge in [0.2, 0.25) is 0 Å². The van der Waals surface area contributed by atoms with E-state index in [0.29, 0.717) is 12.1 Å². The summed E-state index contributed by atoms with van der Waals surface area (Å²) in [5.74, 6) is 0. The number of hydrogen-bond donors (Lipinski definition) is 1. The fourth-order valence-corrected chi connectivity index (χ4v) is 2.51. The molecule has 0 saturated heterocycles. The van der Waals surface area contributed by atoms with Crippen molar-refractivity contribution in [3.05, 3.63) is 70.7 Å². The molecule has 0 aliphatic heterocycles. The Morgan fingerprint density at radius 2 is 1.68 bits per heavy atom. The molecule has 2 heteroatoms. The van der Waals surface area contributed by atoms with Crippen LogP contribution in [0.3, 0.4) is 0 Å². The second-order valence-electron chi connectivity index (χ2n) is 4.81. The van der Waals surface area contributed by atoms with Gasteiger partial charge in [-0.25, -0.2) is 0 Å². The third kappa shape index (κ3) is 3.82. The summed E-state index contributed by atoms with van der Waals surface area (Å²) in [6, 6.07) is 19.3. The molecule has 0 bridgehead atoms. The number of hydrogen-bond acceptors (Lipinski definition) is 1. The maximum atomic E-state index is 6.07. The average Bonchev–Trinajstić information content (AvgIpc) is 2.45. The molecule has 2 aromatic rings. The zero-order valence-corrected chi connectivity index (χ0v) is 12.2. The molecule has 0 aliphatic rings. The minimum atomic E-state index is 0.324. The van der Waals surface area contributed by atoms with Crippen molar-refractivity contribution < 1.29 is 0 Å². The first-order valence-electron chi connectivity index (χ1n) is 6.77. The van der Waals surface area contributed by atoms with E-state index in [9.17, 15) is 0 Å². The lowest BCUT2D eigenvalue weighted by Crippen LogP contribution is -2.24. The Bertz CT molecular complexity index is 510. The van der Waals surface area contributed by atoms with Crippen molar-refractivity contribution in [2.45, 2.75) is 32.4 Å². The molecular formula is C17H20ClN. The minimum absolute atomic E-state index is 0.324. The van der Waals surface area contributed by atoms with Crippen LogP contribution < -0.4 is 5.32 Å². The number of benzene rings is 2. The first kappa shape index (κ1) is 14.1. The van der Waals surface area contributed by atoms with E-state index in [0.717, 1.165) is 11.4 Å². The molecule has 0 amide bonds. The van der Waals surface area contributed by atoms with Gasteiger partial charge in [0, 0.05) is 17.1 Å². The van der Waals surface area contributed by atoms with Crippen LogP contribution in [0.1, 0.15) is 43.5 Å². The van der Waals surface area contributed by atoms with Crippen molar-refractivity contribution in [2.75, 3.05) is 0 Å². The monoisotopic (exact) mass is 273 g/mol. The third-order valence-electron chi connectivity index (χ3n) is 3.41. The van der Waals surface area contributed by atoms with Crippen LogP contribution >= 0.6 is 11.6 Å². The molecule has 0 fully saturated rings. The van der Waals surface area contributed by atoms with Crippen molar-refractivity contribution in [1.82, 2.24) is 5.32 Å². The highest BCUT2D eigenvalue weighted by Gasteiger charge is 2.13. The lowest BCUT2D eigenvalue weighted by atomic mass is 10.0. The van der Waals surface area contributed by atoms with Gasteiger partial charge in [-0.1, -0.05) is 61.0 Å². The maximum Gasteiger partial charge on any atom is 0.0409 e. The van der Waals surface area contributed by atoms with E-state index in [1.807, 2.05) is 24.3 Å². The van der Waals surface area contributed by atoms with E-state index >= 15 is 0 Å². The molecule has 100 valence electrons. The summed E-state index contributed by atoms with van der Waals surface area (Å²) in [5, 5.41) is 4.46. The fourth-order valence-electron chi connectivity index (χ4n) is 2.31. The van der Waals surface area contributed by atoms with Crippen molar-refractivity contribution >= 4 is 11.6 Å². The first-order chi connectivity index (χ1) is 9.20. The van der Waals surface area contributed by atoms with Crippen LogP contribution in [-0.4, -0.2) is 0 Å². The maximum absolute atomic E-state index is 6.07. The summed E-state index contributed by atoms with van der Waals surface area (Å²) in [5.41, 5.74) is 2.56. The lowest BCUT2D eigenvalue weighted by molar-refractivity contribution is 0.456. The van der Waals surface area contributed by atoms with Crippen LogP contribution in [0.2, 0.25) is 5.02 Å². The molecular weight excluding hydrogens is 254 g/mol. The van der Waals surface area contributed by atoms with Crippen LogP contribution in [0.15, 0.2) is 54.6 Å². The molecule has 0 aromatic heterocycles. The standard InChI is InChI=1S/C17H20ClN/c1-3-17(15-10-7-11-16(18)12-15)19-13(2)14-8-5-4-6-9-14/h4-13,17,19H,3H2,1-2H3/t13-,17?/m0/s1. The molecule has 0 spiro atoms. The first-order valence-corrected chi connectivity index (χ1v) is 7.15.